The minimum absolute atomic E-state index is 0.0302. The molecular formula is C24H22F3N9O. The molecule has 190 valence electrons. The van der Waals surface area contributed by atoms with Crippen molar-refractivity contribution in [3.05, 3.63) is 54.7 Å². The predicted octanol–water partition coefficient (Wildman–Crippen LogP) is 4.72. The molecule has 0 saturated heterocycles. The molecule has 5 aromatic rings. The summed E-state index contributed by atoms with van der Waals surface area (Å²) in [5.74, 6) is 1.62. The Labute approximate surface area is 208 Å². The number of aryl methyl sites for hydroxylation is 2. The molecule has 13 heteroatoms. The van der Waals surface area contributed by atoms with Gasteiger partial charge < -0.3 is 14.6 Å². The molecule has 0 radical (unpaired) electrons. The molecule has 0 bridgehead atoms. The third-order valence-electron chi connectivity index (χ3n) is 6.09. The van der Waals surface area contributed by atoms with Crippen LogP contribution in [0.3, 0.4) is 0 Å². The van der Waals surface area contributed by atoms with Gasteiger partial charge in [0.05, 0.1) is 11.7 Å². The molecule has 6 rings (SSSR count). The van der Waals surface area contributed by atoms with Crippen LogP contribution in [0, 0.1) is 6.92 Å². The Morgan fingerprint density at radius 3 is 2.68 bits per heavy atom. The van der Waals surface area contributed by atoms with Gasteiger partial charge in [-0.25, -0.2) is 19.5 Å². The SMILES string of the molecule is Cc1c(-c2ccn(C3CC3)n2)cn2nc(-c3nccn3C)nc(Nc3cc(OCC(F)(F)F)ccn3)c12. The fraction of sp³-hybridized carbons (Fsp3) is 0.292. The van der Waals surface area contributed by atoms with Crippen LogP contribution in [-0.4, -0.2) is 51.7 Å². The third kappa shape index (κ3) is 4.59. The van der Waals surface area contributed by atoms with E-state index >= 15 is 0 Å². The first kappa shape index (κ1) is 23.0. The molecule has 1 aliphatic rings. The number of alkyl halides is 3. The normalized spacial score (nSPS) is 13.9. The second-order valence-electron chi connectivity index (χ2n) is 8.92. The number of fused-ring (bicyclic) bond motifs is 1. The highest BCUT2D eigenvalue weighted by Crippen LogP contribution is 2.37. The number of nitrogens with one attached hydrogen (secondary N) is 1. The van der Waals surface area contributed by atoms with Crippen molar-refractivity contribution in [1.29, 1.82) is 0 Å². The number of hydrogen-bond donors (Lipinski definition) is 1. The highest BCUT2D eigenvalue weighted by Gasteiger charge is 2.28. The lowest BCUT2D eigenvalue weighted by Crippen LogP contribution is -2.19. The molecule has 37 heavy (non-hydrogen) atoms. The van der Waals surface area contributed by atoms with E-state index in [0.717, 1.165) is 29.7 Å². The second-order valence-corrected chi connectivity index (χ2v) is 8.92. The fourth-order valence-corrected chi connectivity index (χ4v) is 4.13. The smallest absolute Gasteiger partial charge is 0.422 e. The summed E-state index contributed by atoms with van der Waals surface area (Å²) in [5, 5.41) is 12.6. The fourth-order valence-electron chi connectivity index (χ4n) is 4.13. The average Bonchev–Trinajstić information content (AvgIpc) is 3.26. The summed E-state index contributed by atoms with van der Waals surface area (Å²) in [6, 6.07) is 5.18. The van der Waals surface area contributed by atoms with Gasteiger partial charge >= 0.3 is 6.18 Å². The molecule has 10 nitrogen and oxygen atoms in total. The number of rotatable bonds is 7. The van der Waals surface area contributed by atoms with E-state index in [0.29, 0.717) is 29.0 Å². The number of pyridine rings is 1. The molecule has 0 amide bonds. The lowest BCUT2D eigenvalue weighted by Gasteiger charge is -2.12. The molecule has 1 fully saturated rings. The zero-order valence-corrected chi connectivity index (χ0v) is 19.9. The van der Waals surface area contributed by atoms with Crippen molar-refractivity contribution in [2.45, 2.75) is 32.0 Å². The molecular weight excluding hydrogens is 487 g/mol. The maximum atomic E-state index is 12.6. The van der Waals surface area contributed by atoms with Gasteiger partial charge in [-0.05, 0) is 37.5 Å². The minimum Gasteiger partial charge on any atom is -0.484 e. The van der Waals surface area contributed by atoms with Gasteiger partial charge in [0.2, 0.25) is 5.82 Å². The maximum Gasteiger partial charge on any atom is 0.422 e. The predicted molar refractivity (Wildman–Crippen MR) is 128 cm³/mol. The molecule has 0 aliphatic heterocycles. The zero-order valence-electron chi connectivity index (χ0n) is 19.9. The standard InChI is InChI=1S/C24H22F3N9O/c1-14-17(18-6-9-35(32-18)15-3-4-15)12-36-20(14)21(31-22(33-36)23-29-8-10-34(23)2)30-19-11-16(5-7-28-19)37-13-24(25,26)27/h5-12,15H,3-4,13H2,1-2H3,(H,28,30,31,33). The first-order chi connectivity index (χ1) is 17.7. The molecule has 0 unspecified atom stereocenters. The van der Waals surface area contributed by atoms with Crippen molar-refractivity contribution >= 4 is 17.2 Å². The Bertz CT molecular complexity index is 1600. The lowest BCUT2D eigenvalue weighted by molar-refractivity contribution is -0.153. The first-order valence-corrected chi connectivity index (χ1v) is 11.6. The van der Waals surface area contributed by atoms with Crippen molar-refractivity contribution in [2.75, 3.05) is 11.9 Å². The Balaban J connectivity index is 1.43. The Morgan fingerprint density at radius 2 is 1.95 bits per heavy atom. The molecule has 0 aromatic carbocycles. The largest absolute Gasteiger partial charge is 0.484 e. The van der Waals surface area contributed by atoms with E-state index in [9.17, 15) is 13.2 Å². The topological polar surface area (TPSA) is 100.0 Å². The van der Waals surface area contributed by atoms with Gasteiger partial charge in [0.1, 0.15) is 17.1 Å². The van der Waals surface area contributed by atoms with E-state index in [-0.39, 0.29) is 11.6 Å². The van der Waals surface area contributed by atoms with Crippen molar-refractivity contribution in [3.63, 3.8) is 0 Å². The van der Waals surface area contributed by atoms with E-state index in [1.54, 1.807) is 21.5 Å². The number of imidazole rings is 1. The highest BCUT2D eigenvalue weighted by atomic mass is 19.4. The van der Waals surface area contributed by atoms with Gasteiger partial charge in [-0.15, -0.1) is 5.10 Å². The first-order valence-electron chi connectivity index (χ1n) is 11.6. The molecule has 0 atom stereocenters. The second kappa shape index (κ2) is 8.61. The summed E-state index contributed by atoms with van der Waals surface area (Å²) in [7, 11) is 1.84. The van der Waals surface area contributed by atoms with Crippen LogP contribution in [0.5, 0.6) is 5.75 Å². The van der Waals surface area contributed by atoms with Crippen molar-refractivity contribution in [2.24, 2.45) is 7.05 Å². The summed E-state index contributed by atoms with van der Waals surface area (Å²) in [5.41, 5.74) is 3.28. The van der Waals surface area contributed by atoms with Gasteiger partial charge in [0.15, 0.2) is 18.2 Å². The Kier molecular flexibility index (Phi) is 5.35. The van der Waals surface area contributed by atoms with E-state index < -0.39 is 12.8 Å². The van der Waals surface area contributed by atoms with E-state index in [1.165, 1.54) is 18.3 Å². The van der Waals surface area contributed by atoms with Gasteiger partial charge in [-0.2, -0.15) is 18.3 Å². The van der Waals surface area contributed by atoms with Crippen molar-refractivity contribution < 1.29 is 17.9 Å². The summed E-state index contributed by atoms with van der Waals surface area (Å²) in [6.07, 6.45) is 6.48. The van der Waals surface area contributed by atoms with Crippen LogP contribution in [0.2, 0.25) is 0 Å². The van der Waals surface area contributed by atoms with E-state index in [1.807, 2.05) is 37.1 Å². The van der Waals surface area contributed by atoms with Crippen LogP contribution >= 0.6 is 0 Å². The number of nitrogens with zero attached hydrogens (tertiary/aromatic N) is 8. The molecule has 1 saturated carbocycles. The summed E-state index contributed by atoms with van der Waals surface area (Å²) < 4.78 is 48.2. The quantitative estimate of drug-likeness (QED) is 0.339. The Morgan fingerprint density at radius 1 is 1.11 bits per heavy atom. The van der Waals surface area contributed by atoms with Gasteiger partial charge in [0.25, 0.3) is 0 Å². The summed E-state index contributed by atoms with van der Waals surface area (Å²) >= 11 is 0. The Hall–Kier alpha value is -4.42. The van der Waals surface area contributed by atoms with Gasteiger partial charge in [0, 0.05) is 49.7 Å². The maximum absolute atomic E-state index is 12.6. The molecule has 5 aromatic heterocycles. The highest BCUT2D eigenvalue weighted by molar-refractivity contribution is 5.84. The third-order valence-corrected chi connectivity index (χ3v) is 6.09. The lowest BCUT2D eigenvalue weighted by atomic mass is 10.1. The number of ether oxygens (including phenoxy) is 1. The van der Waals surface area contributed by atoms with E-state index in [4.69, 9.17) is 19.9 Å². The molecule has 1 aliphatic carbocycles. The zero-order chi connectivity index (χ0) is 25.7. The van der Waals surface area contributed by atoms with E-state index in [2.05, 4.69) is 15.3 Å². The molecule has 1 N–H and O–H groups in total. The number of aromatic nitrogens is 8. The molecule has 5 heterocycles. The minimum atomic E-state index is -4.45. The monoisotopic (exact) mass is 509 g/mol. The van der Waals surface area contributed by atoms with Crippen LogP contribution in [0.15, 0.2) is 49.2 Å². The van der Waals surface area contributed by atoms with Crippen LogP contribution in [0.4, 0.5) is 24.8 Å². The molecule has 0 spiro atoms. The van der Waals surface area contributed by atoms with Crippen molar-refractivity contribution in [1.82, 2.24) is 38.9 Å². The summed E-state index contributed by atoms with van der Waals surface area (Å²) in [4.78, 5) is 13.3. The number of anilines is 2. The van der Waals surface area contributed by atoms with Crippen LogP contribution in [0.1, 0.15) is 24.4 Å². The van der Waals surface area contributed by atoms with Crippen LogP contribution in [0.25, 0.3) is 28.4 Å². The number of halogens is 3. The average molecular weight is 509 g/mol. The number of hydrogen-bond acceptors (Lipinski definition) is 7. The van der Waals surface area contributed by atoms with Crippen molar-refractivity contribution in [3.8, 4) is 28.7 Å². The van der Waals surface area contributed by atoms with Gasteiger partial charge in [-0.1, -0.05) is 0 Å². The van der Waals surface area contributed by atoms with Gasteiger partial charge in [-0.3, -0.25) is 4.68 Å². The van der Waals surface area contributed by atoms with Crippen LogP contribution in [-0.2, 0) is 7.05 Å². The summed E-state index contributed by atoms with van der Waals surface area (Å²) in [6.45, 7) is 0.554. The van der Waals surface area contributed by atoms with Crippen LogP contribution < -0.4 is 10.1 Å².